The first-order valence-corrected chi connectivity index (χ1v) is 15.4. The van der Waals surface area contributed by atoms with Gasteiger partial charge in [-0.1, -0.05) is 84.9 Å². The molecule has 0 saturated heterocycles. The third-order valence-corrected chi connectivity index (χ3v) is 9.08. The minimum atomic E-state index is 0.871. The van der Waals surface area contributed by atoms with Crippen LogP contribution < -0.4 is 4.90 Å². The molecule has 46 heavy (non-hydrogen) atoms. The monoisotopic (exact) mass is 591 g/mol. The number of rotatable bonds is 4. The minimum absolute atomic E-state index is 0.871. The number of nitrogens with zero attached hydrogens (tertiary/aromatic N) is 1. The summed E-state index contributed by atoms with van der Waals surface area (Å²) in [6, 6.07) is 52.6. The van der Waals surface area contributed by atoms with E-state index in [0.717, 1.165) is 94.0 Å². The maximum absolute atomic E-state index is 6.36. The Morgan fingerprint density at radius 3 is 1.37 bits per heavy atom. The molecule has 216 valence electrons. The van der Waals surface area contributed by atoms with Gasteiger partial charge in [0.2, 0.25) is 0 Å². The molecule has 0 aliphatic rings. The normalized spacial score (nSPS) is 11.9. The van der Waals surface area contributed by atoms with Gasteiger partial charge >= 0.3 is 0 Å². The minimum Gasteiger partial charge on any atom is -0.456 e. The highest BCUT2D eigenvalue weighted by Gasteiger charge is 2.18. The van der Waals surface area contributed by atoms with Crippen LogP contribution in [0.25, 0.3) is 76.9 Å². The van der Waals surface area contributed by atoms with Crippen molar-refractivity contribution in [1.82, 2.24) is 0 Å². The number of anilines is 3. The molecule has 0 aliphatic carbocycles. The fourth-order valence-corrected chi connectivity index (χ4v) is 6.92. The molecule has 0 saturated carbocycles. The summed E-state index contributed by atoms with van der Waals surface area (Å²) in [7, 11) is 0. The molecule has 0 spiro atoms. The lowest BCUT2D eigenvalue weighted by atomic mass is 10.0. The van der Waals surface area contributed by atoms with Crippen molar-refractivity contribution in [2.75, 3.05) is 4.90 Å². The van der Waals surface area contributed by atoms with Crippen LogP contribution in [0.1, 0.15) is 0 Å². The summed E-state index contributed by atoms with van der Waals surface area (Å²) in [5.74, 6) is 0. The van der Waals surface area contributed by atoms with Gasteiger partial charge in [0, 0.05) is 54.9 Å². The number of hydrogen-bond donors (Lipinski definition) is 0. The molecule has 0 radical (unpaired) electrons. The average Bonchev–Trinajstić information content (AvgIpc) is 3.80. The zero-order valence-corrected chi connectivity index (χ0v) is 24.6. The third-order valence-electron chi connectivity index (χ3n) is 9.08. The van der Waals surface area contributed by atoms with Crippen LogP contribution in [0.5, 0.6) is 0 Å². The van der Waals surface area contributed by atoms with Crippen LogP contribution in [0.4, 0.5) is 17.1 Å². The summed E-state index contributed by atoms with van der Waals surface area (Å²) in [5.41, 5.74) is 10.6. The van der Waals surface area contributed by atoms with Gasteiger partial charge in [0.25, 0.3) is 0 Å². The summed E-state index contributed by atoms with van der Waals surface area (Å²) in [6.45, 7) is 0. The van der Waals surface area contributed by atoms with Crippen LogP contribution in [0.2, 0.25) is 0 Å². The zero-order chi connectivity index (χ0) is 30.2. The van der Waals surface area contributed by atoms with Gasteiger partial charge < -0.3 is 18.2 Å². The standard InChI is InChI=1S/C42H25NO3/c1-6-15-39-31(8-1)34-12-7-11-30(42(34)46-39)26-16-18-27(19-17-26)43(28-20-22-40-35(24-28)32-9-2-4-13-37(32)44-40)29-21-23-41-36(25-29)33-10-3-5-14-38(33)45-41/h1-25H. The van der Waals surface area contributed by atoms with E-state index >= 15 is 0 Å². The third kappa shape index (κ3) is 3.74. The van der Waals surface area contributed by atoms with Crippen molar-refractivity contribution < 1.29 is 13.3 Å². The van der Waals surface area contributed by atoms with E-state index in [0.29, 0.717) is 0 Å². The lowest BCUT2D eigenvalue weighted by Gasteiger charge is -2.26. The highest BCUT2D eigenvalue weighted by Crippen LogP contribution is 2.42. The van der Waals surface area contributed by atoms with Crippen LogP contribution in [-0.4, -0.2) is 0 Å². The number of benzene rings is 7. The first kappa shape index (κ1) is 25.1. The quantitative estimate of drug-likeness (QED) is 0.204. The Morgan fingerprint density at radius 2 is 0.783 bits per heavy atom. The van der Waals surface area contributed by atoms with E-state index in [-0.39, 0.29) is 0 Å². The maximum Gasteiger partial charge on any atom is 0.143 e. The first-order valence-electron chi connectivity index (χ1n) is 15.4. The summed E-state index contributed by atoms with van der Waals surface area (Å²) in [5, 5.41) is 6.63. The summed E-state index contributed by atoms with van der Waals surface area (Å²) in [4.78, 5) is 2.30. The number of hydrogen-bond acceptors (Lipinski definition) is 4. The first-order chi connectivity index (χ1) is 22.8. The maximum atomic E-state index is 6.36. The molecule has 10 rings (SSSR count). The van der Waals surface area contributed by atoms with Crippen molar-refractivity contribution in [3.8, 4) is 11.1 Å². The summed E-state index contributed by atoms with van der Waals surface area (Å²) in [6.07, 6.45) is 0. The van der Waals surface area contributed by atoms with Gasteiger partial charge in [-0.2, -0.15) is 0 Å². The Morgan fingerprint density at radius 1 is 0.326 bits per heavy atom. The molecule has 4 heteroatoms. The Hall–Kier alpha value is -6.26. The van der Waals surface area contributed by atoms with Gasteiger partial charge in [0.1, 0.15) is 33.5 Å². The van der Waals surface area contributed by atoms with Crippen molar-refractivity contribution in [3.05, 3.63) is 152 Å². The predicted molar refractivity (Wildman–Crippen MR) is 188 cm³/mol. The molecule has 0 aliphatic heterocycles. The zero-order valence-electron chi connectivity index (χ0n) is 24.6. The molecule has 3 aromatic heterocycles. The largest absolute Gasteiger partial charge is 0.456 e. The molecule has 0 fully saturated rings. The Bertz CT molecular complexity index is 2650. The molecular weight excluding hydrogens is 566 g/mol. The smallest absolute Gasteiger partial charge is 0.143 e. The molecule has 4 nitrogen and oxygen atoms in total. The number of fused-ring (bicyclic) bond motifs is 9. The van der Waals surface area contributed by atoms with E-state index in [1.165, 1.54) is 0 Å². The second-order valence-corrected chi connectivity index (χ2v) is 11.7. The van der Waals surface area contributed by atoms with Crippen molar-refractivity contribution >= 4 is 82.9 Å². The molecule has 0 unspecified atom stereocenters. The van der Waals surface area contributed by atoms with Gasteiger partial charge in [-0.05, 0) is 72.3 Å². The van der Waals surface area contributed by atoms with E-state index in [9.17, 15) is 0 Å². The molecule has 7 aromatic carbocycles. The molecule has 0 bridgehead atoms. The summed E-state index contributed by atoms with van der Waals surface area (Å²) < 4.78 is 18.7. The van der Waals surface area contributed by atoms with Gasteiger partial charge in [-0.25, -0.2) is 0 Å². The fraction of sp³-hybridized carbons (Fsp3) is 0. The fourth-order valence-electron chi connectivity index (χ4n) is 6.92. The molecule has 3 heterocycles. The Kier molecular flexibility index (Phi) is 5.25. The van der Waals surface area contributed by atoms with Crippen LogP contribution in [0.15, 0.2) is 165 Å². The van der Waals surface area contributed by atoms with Crippen LogP contribution in [-0.2, 0) is 0 Å². The molecule has 0 atom stereocenters. The second-order valence-electron chi connectivity index (χ2n) is 11.7. The lowest BCUT2D eigenvalue weighted by Crippen LogP contribution is -2.09. The van der Waals surface area contributed by atoms with E-state index < -0.39 is 0 Å². The Balaban J connectivity index is 1.15. The predicted octanol–water partition coefficient (Wildman–Crippen LogP) is 12.5. The molecule has 0 N–H and O–H groups in total. The lowest BCUT2D eigenvalue weighted by molar-refractivity contribution is 0.668. The number of para-hydroxylation sites is 4. The topological polar surface area (TPSA) is 42.7 Å². The highest BCUT2D eigenvalue weighted by molar-refractivity contribution is 6.10. The van der Waals surface area contributed by atoms with Gasteiger partial charge in [0.15, 0.2) is 0 Å². The van der Waals surface area contributed by atoms with Crippen LogP contribution in [0, 0.1) is 0 Å². The number of furan rings is 3. The molecule has 10 aromatic rings. The van der Waals surface area contributed by atoms with Gasteiger partial charge in [-0.3, -0.25) is 0 Å². The molecular formula is C42H25NO3. The van der Waals surface area contributed by atoms with E-state index in [2.05, 4.69) is 120 Å². The summed E-state index contributed by atoms with van der Waals surface area (Å²) >= 11 is 0. The van der Waals surface area contributed by atoms with Crippen molar-refractivity contribution in [2.45, 2.75) is 0 Å². The average molecular weight is 592 g/mol. The van der Waals surface area contributed by atoms with Crippen LogP contribution >= 0.6 is 0 Å². The SMILES string of the molecule is c1ccc2c(c1)oc1ccc(N(c3ccc(-c4cccc5c4oc4ccccc45)cc3)c3ccc4oc5ccccc5c4c3)cc12. The van der Waals surface area contributed by atoms with E-state index in [1.807, 2.05) is 36.4 Å². The van der Waals surface area contributed by atoms with E-state index in [1.54, 1.807) is 0 Å². The second kappa shape index (κ2) is 9.62. The Labute approximate surface area is 263 Å². The van der Waals surface area contributed by atoms with Crippen molar-refractivity contribution in [3.63, 3.8) is 0 Å². The van der Waals surface area contributed by atoms with Gasteiger partial charge in [-0.15, -0.1) is 0 Å². The highest BCUT2D eigenvalue weighted by atomic mass is 16.3. The van der Waals surface area contributed by atoms with Gasteiger partial charge in [0.05, 0.1) is 0 Å². The van der Waals surface area contributed by atoms with Crippen molar-refractivity contribution in [1.29, 1.82) is 0 Å². The van der Waals surface area contributed by atoms with Crippen LogP contribution in [0.3, 0.4) is 0 Å². The van der Waals surface area contributed by atoms with E-state index in [4.69, 9.17) is 13.3 Å². The molecule has 0 amide bonds. The van der Waals surface area contributed by atoms with Crippen molar-refractivity contribution in [2.24, 2.45) is 0 Å².